The monoisotopic (exact) mass is 435 g/mol. The number of amides is 2. The van der Waals surface area contributed by atoms with E-state index in [2.05, 4.69) is 10.5 Å². The molecular formula is C23H25N5O4. The predicted molar refractivity (Wildman–Crippen MR) is 118 cm³/mol. The lowest BCUT2D eigenvalue weighted by atomic mass is 10.2. The first kappa shape index (κ1) is 21.5. The number of aromatic nitrogens is 2. The molecule has 1 saturated heterocycles. The van der Waals surface area contributed by atoms with Crippen molar-refractivity contribution in [2.45, 2.75) is 13.5 Å². The number of benzene rings is 1. The summed E-state index contributed by atoms with van der Waals surface area (Å²) >= 11 is 0. The number of hydrogen-bond donors (Lipinski definition) is 1. The van der Waals surface area contributed by atoms with Crippen molar-refractivity contribution >= 4 is 17.6 Å². The largest absolute Gasteiger partial charge is 0.360 e. The van der Waals surface area contributed by atoms with Gasteiger partial charge in [-0.1, -0.05) is 35.5 Å². The molecule has 1 N–H and O–H groups in total. The number of pyridine rings is 1. The van der Waals surface area contributed by atoms with E-state index < -0.39 is 0 Å². The molecule has 3 heterocycles. The summed E-state index contributed by atoms with van der Waals surface area (Å²) in [4.78, 5) is 41.7. The lowest BCUT2D eigenvalue weighted by molar-refractivity contribution is -0.117. The van der Waals surface area contributed by atoms with Gasteiger partial charge in [-0.05, 0) is 24.6 Å². The maximum Gasteiger partial charge on any atom is 0.263 e. The molecule has 0 spiro atoms. The molecule has 4 rings (SSSR count). The summed E-state index contributed by atoms with van der Waals surface area (Å²) in [5.74, 6) is 0.540. The van der Waals surface area contributed by atoms with E-state index in [9.17, 15) is 14.4 Å². The maximum absolute atomic E-state index is 13.0. The Morgan fingerprint density at radius 1 is 1.06 bits per heavy atom. The number of carbonyl (C=O) groups excluding carboxylic acids is 2. The fourth-order valence-electron chi connectivity index (χ4n) is 3.69. The van der Waals surface area contributed by atoms with E-state index in [-0.39, 0.29) is 29.5 Å². The molecule has 9 nitrogen and oxygen atoms in total. The van der Waals surface area contributed by atoms with Gasteiger partial charge in [0.05, 0.1) is 13.1 Å². The zero-order chi connectivity index (χ0) is 22.5. The van der Waals surface area contributed by atoms with E-state index in [1.807, 2.05) is 35.2 Å². The Kier molecular flexibility index (Phi) is 6.46. The van der Waals surface area contributed by atoms with Crippen LogP contribution < -0.4 is 10.9 Å². The van der Waals surface area contributed by atoms with Crippen molar-refractivity contribution in [3.8, 4) is 0 Å². The van der Waals surface area contributed by atoms with E-state index in [1.54, 1.807) is 40.8 Å². The SMILES string of the molecule is Cc1cc(NC(=O)CN2CCN(C(=O)c3cccn(Cc4ccccc4)c3=O)CC2)no1. The highest BCUT2D eigenvalue weighted by molar-refractivity contribution is 5.94. The van der Waals surface area contributed by atoms with Gasteiger partial charge < -0.3 is 19.3 Å². The van der Waals surface area contributed by atoms with Crippen LogP contribution in [0.25, 0.3) is 0 Å². The van der Waals surface area contributed by atoms with Crippen molar-refractivity contribution in [2.24, 2.45) is 0 Å². The Bertz CT molecular complexity index is 1150. The molecule has 0 unspecified atom stereocenters. The van der Waals surface area contributed by atoms with E-state index in [0.29, 0.717) is 44.3 Å². The van der Waals surface area contributed by atoms with Crippen LogP contribution in [0.15, 0.2) is 64.0 Å². The Morgan fingerprint density at radius 2 is 1.81 bits per heavy atom. The third-order valence-corrected chi connectivity index (χ3v) is 5.37. The zero-order valence-electron chi connectivity index (χ0n) is 17.9. The number of hydrogen-bond acceptors (Lipinski definition) is 6. The first-order valence-corrected chi connectivity index (χ1v) is 10.5. The van der Waals surface area contributed by atoms with Crippen molar-refractivity contribution in [2.75, 3.05) is 38.0 Å². The van der Waals surface area contributed by atoms with E-state index in [1.165, 1.54) is 0 Å². The topological polar surface area (TPSA) is 101 Å². The summed E-state index contributed by atoms with van der Waals surface area (Å²) in [7, 11) is 0. The smallest absolute Gasteiger partial charge is 0.263 e. The van der Waals surface area contributed by atoms with Gasteiger partial charge in [-0.2, -0.15) is 0 Å². The van der Waals surface area contributed by atoms with Gasteiger partial charge in [0, 0.05) is 38.4 Å². The number of carbonyl (C=O) groups is 2. The highest BCUT2D eigenvalue weighted by atomic mass is 16.5. The highest BCUT2D eigenvalue weighted by Crippen LogP contribution is 2.09. The third kappa shape index (κ3) is 5.12. The van der Waals surface area contributed by atoms with Crippen LogP contribution >= 0.6 is 0 Å². The van der Waals surface area contributed by atoms with E-state index in [4.69, 9.17) is 4.52 Å². The molecule has 0 radical (unpaired) electrons. The van der Waals surface area contributed by atoms with Crippen LogP contribution in [-0.2, 0) is 11.3 Å². The second-order valence-electron chi connectivity index (χ2n) is 7.78. The summed E-state index contributed by atoms with van der Waals surface area (Å²) in [6.45, 7) is 4.34. The summed E-state index contributed by atoms with van der Waals surface area (Å²) in [6.07, 6.45) is 1.69. The molecule has 166 valence electrons. The van der Waals surface area contributed by atoms with Gasteiger partial charge in [0.15, 0.2) is 5.82 Å². The number of aryl methyl sites for hydroxylation is 1. The van der Waals surface area contributed by atoms with Gasteiger partial charge in [0.25, 0.3) is 11.5 Å². The van der Waals surface area contributed by atoms with Crippen molar-refractivity contribution in [1.82, 2.24) is 19.5 Å². The average molecular weight is 435 g/mol. The molecule has 1 aliphatic heterocycles. The standard InChI is InChI=1S/C23H25N5O4/c1-17-14-20(25-32-17)24-21(29)16-26-10-12-27(13-11-26)22(30)19-8-5-9-28(23(19)31)15-18-6-3-2-4-7-18/h2-9,14H,10-13,15-16H2,1H3,(H,24,25,29). The van der Waals surface area contributed by atoms with Crippen molar-refractivity contribution in [1.29, 1.82) is 0 Å². The molecule has 0 saturated carbocycles. The van der Waals surface area contributed by atoms with Gasteiger partial charge in [0.2, 0.25) is 5.91 Å². The lowest BCUT2D eigenvalue weighted by Crippen LogP contribution is -2.51. The van der Waals surface area contributed by atoms with Crippen LogP contribution in [0.1, 0.15) is 21.7 Å². The maximum atomic E-state index is 13.0. The van der Waals surface area contributed by atoms with Crippen LogP contribution in [0.2, 0.25) is 0 Å². The first-order valence-electron chi connectivity index (χ1n) is 10.5. The van der Waals surface area contributed by atoms with Crippen LogP contribution in [-0.4, -0.2) is 64.1 Å². The first-order chi connectivity index (χ1) is 15.5. The Morgan fingerprint density at radius 3 is 2.50 bits per heavy atom. The summed E-state index contributed by atoms with van der Waals surface area (Å²) in [5.41, 5.74) is 0.856. The Balaban J connectivity index is 1.34. The minimum Gasteiger partial charge on any atom is -0.360 e. The molecule has 1 aromatic carbocycles. The van der Waals surface area contributed by atoms with E-state index in [0.717, 1.165) is 5.56 Å². The van der Waals surface area contributed by atoms with Crippen LogP contribution in [0, 0.1) is 6.92 Å². The fraction of sp³-hybridized carbons (Fsp3) is 0.304. The molecule has 2 aromatic heterocycles. The van der Waals surface area contributed by atoms with Gasteiger partial charge in [0.1, 0.15) is 11.3 Å². The highest BCUT2D eigenvalue weighted by Gasteiger charge is 2.25. The summed E-state index contributed by atoms with van der Waals surface area (Å²) in [6, 6.07) is 14.6. The summed E-state index contributed by atoms with van der Waals surface area (Å²) < 4.78 is 6.49. The van der Waals surface area contributed by atoms with Crippen molar-refractivity contribution in [3.05, 3.63) is 82.0 Å². The number of anilines is 1. The number of piperazine rings is 1. The normalized spacial score (nSPS) is 14.3. The molecule has 0 bridgehead atoms. The number of nitrogens with one attached hydrogen (secondary N) is 1. The molecular weight excluding hydrogens is 410 g/mol. The van der Waals surface area contributed by atoms with E-state index >= 15 is 0 Å². The van der Waals surface area contributed by atoms with Gasteiger partial charge >= 0.3 is 0 Å². The molecule has 3 aromatic rings. The minimum atomic E-state index is -0.300. The van der Waals surface area contributed by atoms with Crippen molar-refractivity contribution in [3.63, 3.8) is 0 Å². The van der Waals surface area contributed by atoms with Gasteiger partial charge in [-0.25, -0.2) is 0 Å². The molecule has 1 aliphatic rings. The minimum absolute atomic E-state index is 0.163. The van der Waals surface area contributed by atoms with Gasteiger partial charge in [-0.3, -0.25) is 19.3 Å². The Hall–Kier alpha value is -3.72. The fourth-order valence-corrected chi connectivity index (χ4v) is 3.69. The predicted octanol–water partition coefficient (Wildman–Crippen LogP) is 1.59. The summed E-state index contributed by atoms with van der Waals surface area (Å²) in [5, 5.41) is 6.44. The molecule has 32 heavy (non-hydrogen) atoms. The second kappa shape index (κ2) is 9.61. The average Bonchev–Trinajstić information content (AvgIpc) is 3.20. The molecule has 1 fully saturated rings. The third-order valence-electron chi connectivity index (χ3n) is 5.37. The number of rotatable bonds is 6. The molecule has 0 aliphatic carbocycles. The Labute approximate surface area is 185 Å². The molecule has 2 amide bonds. The lowest BCUT2D eigenvalue weighted by Gasteiger charge is -2.34. The molecule has 0 atom stereocenters. The van der Waals surface area contributed by atoms with Crippen molar-refractivity contribution < 1.29 is 14.1 Å². The van der Waals surface area contributed by atoms with Crippen LogP contribution in [0.4, 0.5) is 5.82 Å². The van der Waals surface area contributed by atoms with Crippen LogP contribution in [0.3, 0.4) is 0 Å². The van der Waals surface area contributed by atoms with Gasteiger partial charge in [-0.15, -0.1) is 0 Å². The second-order valence-corrected chi connectivity index (χ2v) is 7.78. The zero-order valence-corrected chi connectivity index (χ0v) is 17.9. The molecule has 9 heteroatoms. The quantitative estimate of drug-likeness (QED) is 0.631. The van der Waals surface area contributed by atoms with Crippen LogP contribution in [0.5, 0.6) is 0 Å². The number of nitrogens with zero attached hydrogens (tertiary/aromatic N) is 4.